The number of hydrogen-bond acceptors (Lipinski definition) is 5. The number of amides is 1. The fraction of sp³-hybridized carbons (Fsp3) is 0.667. The molecule has 4 bridgehead atoms. The molecule has 1 atom stereocenters. The average molecular weight is 426 g/mol. The standard InChI is InChI=1S/C24H31N3O4/c1-13-19(14(2)26-23(30)20(13)12-25)4-5-21(28)31-15(3)22(29)27-24-9-16-6-17(10-24)8-18(7-16)11-24/h15-18H,4-11H2,1-3H3,(H,26,30)(H,27,29)/t15-,16?,17?,18?,24?/m1/s1. The molecule has 0 unspecified atom stereocenters. The van der Waals surface area contributed by atoms with Gasteiger partial charge in [0.05, 0.1) is 0 Å². The molecule has 7 heteroatoms. The largest absolute Gasteiger partial charge is 0.453 e. The summed E-state index contributed by atoms with van der Waals surface area (Å²) in [5.41, 5.74) is 1.53. The van der Waals surface area contributed by atoms with E-state index in [2.05, 4.69) is 10.3 Å². The number of aryl methyl sites for hydroxylation is 1. The molecule has 1 aromatic heterocycles. The maximum atomic E-state index is 12.8. The van der Waals surface area contributed by atoms with E-state index in [1.54, 1.807) is 20.8 Å². The Hall–Kier alpha value is -2.62. The van der Waals surface area contributed by atoms with Crippen molar-refractivity contribution in [2.45, 2.75) is 83.8 Å². The first-order valence-electron chi connectivity index (χ1n) is 11.3. The molecule has 0 aliphatic heterocycles. The zero-order valence-corrected chi connectivity index (χ0v) is 18.5. The fourth-order valence-electron chi connectivity index (χ4n) is 6.58. The number of aromatic nitrogens is 1. The van der Waals surface area contributed by atoms with Crippen LogP contribution < -0.4 is 10.9 Å². The van der Waals surface area contributed by atoms with E-state index in [4.69, 9.17) is 4.74 Å². The third-order valence-corrected chi connectivity index (χ3v) is 7.60. The van der Waals surface area contributed by atoms with E-state index in [0.29, 0.717) is 17.7 Å². The summed E-state index contributed by atoms with van der Waals surface area (Å²) in [5.74, 6) is 1.51. The SMILES string of the molecule is Cc1[nH]c(=O)c(C#N)c(C)c1CCC(=O)O[C@H](C)C(=O)NC12CC3CC(CC(C3)C1)C2. The van der Waals surface area contributed by atoms with Crippen LogP contribution in [0.5, 0.6) is 0 Å². The maximum absolute atomic E-state index is 12.8. The normalized spacial score (nSPS) is 29.3. The topological polar surface area (TPSA) is 112 Å². The van der Waals surface area contributed by atoms with E-state index in [9.17, 15) is 19.6 Å². The van der Waals surface area contributed by atoms with Crippen molar-refractivity contribution in [3.8, 4) is 6.07 Å². The van der Waals surface area contributed by atoms with Gasteiger partial charge in [-0.2, -0.15) is 5.26 Å². The van der Waals surface area contributed by atoms with Crippen molar-refractivity contribution >= 4 is 11.9 Å². The first-order chi connectivity index (χ1) is 14.7. The van der Waals surface area contributed by atoms with Gasteiger partial charge in [0.1, 0.15) is 11.6 Å². The number of hydrogen-bond donors (Lipinski definition) is 2. The predicted octanol–water partition coefficient (Wildman–Crippen LogP) is 2.81. The van der Waals surface area contributed by atoms with E-state index in [-0.39, 0.29) is 23.4 Å². The second kappa shape index (κ2) is 8.14. The molecule has 0 spiro atoms. The fourth-order valence-corrected chi connectivity index (χ4v) is 6.58. The number of carbonyl (C=O) groups is 2. The van der Waals surface area contributed by atoms with E-state index in [1.807, 2.05) is 6.07 Å². The van der Waals surface area contributed by atoms with E-state index >= 15 is 0 Å². The molecule has 31 heavy (non-hydrogen) atoms. The van der Waals surface area contributed by atoms with Gasteiger partial charge in [-0.3, -0.25) is 14.4 Å². The van der Waals surface area contributed by atoms with Gasteiger partial charge < -0.3 is 15.0 Å². The Kier molecular flexibility index (Phi) is 5.67. The lowest BCUT2D eigenvalue weighted by Gasteiger charge is -2.57. The number of ether oxygens (including phenoxy) is 1. The van der Waals surface area contributed by atoms with Gasteiger partial charge in [-0.1, -0.05) is 0 Å². The molecule has 166 valence electrons. The van der Waals surface area contributed by atoms with E-state index in [1.165, 1.54) is 19.3 Å². The van der Waals surface area contributed by atoms with Crippen LogP contribution >= 0.6 is 0 Å². The van der Waals surface area contributed by atoms with Gasteiger partial charge in [-0.15, -0.1) is 0 Å². The van der Waals surface area contributed by atoms with Crippen LogP contribution in [0.4, 0.5) is 0 Å². The molecule has 1 aromatic rings. The molecule has 5 rings (SSSR count). The molecule has 0 saturated heterocycles. The number of nitriles is 1. The quantitative estimate of drug-likeness (QED) is 0.681. The van der Waals surface area contributed by atoms with E-state index in [0.717, 1.165) is 42.6 Å². The second-order valence-electron chi connectivity index (χ2n) is 9.99. The van der Waals surface area contributed by atoms with Crippen molar-refractivity contribution in [2.24, 2.45) is 17.8 Å². The Morgan fingerprint density at radius 2 is 1.77 bits per heavy atom. The number of nitrogens with one attached hydrogen (secondary N) is 2. The molecule has 0 aromatic carbocycles. The molecule has 4 fully saturated rings. The van der Waals surface area contributed by atoms with Gasteiger partial charge in [0.25, 0.3) is 11.5 Å². The third-order valence-electron chi connectivity index (χ3n) is 7.60. The summed E-state index contributed by atoms with van der Waals surface area (Å²) < 4.78 is 5.42. The van der Waals surface area contributed by atoms with Crippen LogP contribution in [0.2, 0.25) is 0 Å². The van der Waals surface area contributed by atoms with Gasteiger partial charge >= 0.3 is 5.97 Å². The van der Waals surface area contributed by atoms with Crippen LogP contribution in [0.15, 0.2) is 4.79 Å². The number of pyridine rings is 1. The minimum Gasteiger partial charge on any atom is -0.453 e. The van der Waals surface area contributed by atoms with Crippen LogP contribution in [0.25, 0.3) is 0 Å². The van der Waals surface area contributed by atoms with Crippen molar-refractivity contribution in [2.75, 3.05) is 0 Å². The summed E-state index contributed by atoms with van der Waals surface area (Å²) in [6.45, 7) is 5.08. The Balaban J connectivity index is 1.33. The van der Waals surface area contributed by atoms with Gasteiger partial charge in [-0.05, 0) is 94.6 Å². The van der Waals surface area contributed by atoms with Crippen molar-refractivity contribution < 1.29 is 14.3 Å². The maximum Gasteiger partial charge on any atom is 0.306 e. The average Bonchev–Trinajstić information content (AvgIpc) is 2.66. The van der Waals surface area contributed by atoms with Crippen LogP contribution in [-0.4, -0.2) is 28.5 Å². The first-order valence-corrected chi connectivity index (χ1v) is 11.3. The van der Waals surface area contributed by atoms with Crippen LogP contribution in [0.1, 0.15) is 74.3 Å². The molecule has 1 amide bonds. The van der Waals surface area contributed by atoms with E-state index < -0.39 is 17.6 Å². The summed E-state index contributed by atoms with van der Waals surface area (Å²) in [5, 5.41) is 12.4. The lowest BCUT2D eigenvalue weighted by atomic mass is 9.53. The highest BCUT2D eigenvalue weighted by Gasteiger charge is 2.51. The number of nitrogens with zero attached hydrogens (tertiary/aromatic N) is 1. The number of carbonyl (C=O) groups excluding carboxylic acids is 2. The Bertz CT molecular complexity index is 968. The number of rotatable bonds is 6. The molecule has 4 saturated carbocycles. The third kappa shape index (κ3) is 4.26. The zero-order valence-electron chi connectivity index (χ0n) is 18.5. The molecule has 4 aliphatic rings. The summed E-state index contributed by atoms with van der Waals surface area (Å²) in [6.07, 6.45) is 6.64. The van der Waals surface area contributed by atoms with Crippen LogP contribution in [0.3, 0.4) is 0 Å². The first kappa shape index (κ1) is 21.6. The Morgan fingerprint density at radius 3 is 2.32 bits per heavy atom. The van der Waals surface area contributed by atoms with Gasteiger partial charge in [0.2, 0.25) is 0 Å². The van der Waals surface area contributed by atoms with Crippen molar-refractivity contribution in [3.05, 3.63) is 32.7 Å². The molecule has 4 aliphatic carbocycles. The minimum absolute atomic E-state index is 0.0669. The molecular weight excluding hydrogens is 394 g/mol. The minimum atomic E-state index is -0.840. The Morgan fingerprint density at radius 1 is 1.19 bits per heavy atom. The summed E-state index contributed by atoms with van der Waals surface area (Å²) in [7, 11) is 0. The number of esters is 1. The lowest BCUT2D eigenvalue weighted by Crippen LogP contribution is -2.61. The van der Waals surface area contributed by atoms with Gasteiger partial charge in [0.15, 0.2) is 6.10 Å². The monoisotopic (exact) mass is 425 g/mol. The van der Waals surface area contributed by atoms with Crippen LogP contribution in [-0.2, 0) is 20.7 Å². The highest BCUT2D eigenvalue weighted by Crippen LogP contribution is 2.55. The molecule has 7 nitrogen and oxygen atoms in total. The molecule has 0 radical (unpaired) electrons. The highest BCUT2D eigenvalue weighted by molar-refractivity contribution is 5.84. The van der Waals surface area contributed by atoms with Crippen LogP contribution in [0, 0.1) is 42.9 Å². The van der Waals surface area contributed by atoms with Gasteiger partial charge in [0, 0.05) is 17.7 Å². The van der Waals surface area contributed by atoms with Crippen molar-refractivity contribution in [3.63, 3.8) is 0 Å². The molecule has 2 N–H and O–H groups in total. The lowest BCUT2D eigenvalue weighted by molar-refractivity contribution is -0.156. The Labute approximate surface area is 182 Å². The highest BCUT2D eigenvalue weighted by atomic mass is 16.5. The molecule has 1 heterocycles. The second-order valence-corrected chi connectivity index (χ2v) is 9.99. The number of aromatic amines is 1. The smallest absolute Gasteiger partial charge is 0.306 e. The number of H-pyrrole nitrogens is 1. The summed E-state index contributed by atoms with van der Waals surface area (Å²) in [4.78, 5) is 39.7. The van der Waals surface area contributed by atoms with Crippen molar-refractivity contribution in [1.29, 1.82) is 5.26 Å². The summed E-state index contributed by atoms with van der Waals surface area (Å²) in [6, 6.07) is 1.91. The van der Waals surface area contributed by atoms with Crippen molar-refractivity contribution in [1.82, 2.24) is 10.3 Å². The van der Waals surface area contributed by atoms with Gasteiger partial charge in [-0.25, -0.2) is 0 Å². The summed E-state index contributed by atoms with van der Waals surface area (Å²) >= 11 is 0. The zero-order chi connectivity index (χ0) is 22.3. The molecular formula is C24H31N3O4. The predicted molar refractivity (Wildman–Crippen MR) is 114 cm³/mol.